The topological polar surface area (TPSA) is 67.8 Å². The van der Waals surface area contributed by atoms with Crippen LogP contribution >= 0.6 is 0 Å². The van der Waals surface area contributed by atoms with Gasteiger partial charge in [0.25, 0.3) is 5.91 Å². The van der Waals surface area contributed by atoms with Crippen LogP contribution in [0.1, 0.15) is 48.9 Å². The van der Waals surface area contributed by atoms with E-state index in [4.69, 9.17) is 0 Å². The van der Waals surface area contributed by atoms with Crippen LogP contribution in [0.15, 0.2) is 24.7 Å². The minimum Gasteiger partial charge on any atom is -0.349 e. The summed E-state index contributed by atoms with van der Waals surface area (Å²) in [6, 6.07) is 2.05. The standard InChI is InChI=1S/C15H18N4O/c20-15(19-12-5-3-1-2-4-6-12)11-9-13-14(18-10-11)17-8-7-16-13/h7-10,12H,1-6H2,(H,19,20). The molecule has 104 valence electrons. The smallest absolute Gasteiger partial charge is 0.253 e. The highest BCUT2D eigenvalue weighted by Crippen LogP contribution is 2.18. The van der Waals surface area contributed by atoms with Gasteiger partial charge in [0.2, 0.25) is 0 Å². The predicted molar refractivity (Wildman–Crippen MR) is 76.3 cm³/mol. The lowest BCUT2D eigenvalue weighted by Crippen LogP contribution is -2.34. The Kier molecular flexibility index (Phi) is 3.85. The number of nitrogens with one attached hydrogen (secondary N) is 1. The maximum atomic E-state index is 12.3. The largest absolute Gasteiger partial charge is 0.349 e. The number of carbonyl (C=O) groups is 1. The van der Waals surface area contributed by atoms with E-state index in [-0.39, 0.29) is 5.91 Å². The number of hydrogen-bond donors (Lipinski definition) is 1. The van der Waals surface area contributed by atoms with E-state index in [9.17, 15) is 4.79 Å². The minimum absolute atomic E-state index is 0.0584. The highest BCUT2D eigenvalue weighted by atomic mass is 16.1. The molecule has 1 aliphatic carbocycles. The lowest BCUT2D eigenvalue weighted by atomic mass is 10.1. The summed E-state index contributed by atoms with van der Waals surface area (Å²) < 4.78 is 0. The SMILES string of the molecule is O=C(NC1CCCCCC1)c1cnc2nccnc2c1. The number of fused-ring (bicyclic) bond motifs is 1. The molecule has 0 radical (unpaired) electrons. The molecule has 3 rings (SSSR count). The molecule has 20 heavy (non-hydrogen) atoms. The van der Waals surface area contributed by atoms with Crippen LogP contribution in [0, 0.1) is 0 Å². The van der Waals surface area contributed by atoms with Crippen molar-refractivity contribution in [1.82, 2.24) is 20.3 Å². The van der Waals surface area contributed by atoms with E-state index < -0.39 is 0 Å². The maximum Gasteiger partial charge on any atom is 0.253 e. The summed E-state index contributed by atoms with van der Waals surface area (Å²) in [4.78, 5) is 24.7. The third-order valence-corrected chi connectivity index (χ3v) is 3.78. The van der Waals surface area contributed by atoms with Crippen molar-refractivity contribution >= 4 is 17.1 Å². The van der Waals surface area contributed by atoms with Gasteiger partial charge in [-0.2, -0.15) is 0 Å². The summed E-state index contributed by atoms with van der Waals surface area (Å²) in [7, 11) is 0. The molecule has 0 saturated heterocycles. The van der Waals surface area contributed by atoms with E-state index in [1.807, 2.05) is 0 Å². The zero-order chi connectivity index (χ0) is 13.8. The molecule has 2 heterocycles. The molecule has 1 aliphatic rings. The lowest BCUT2D eigenvalue weighted by molar-refractivity contribution is 0.0933. The minimum atomic E-state index is -0.0584. The van der Waals surface area contributed by atoms with E-state index in [0.717, 1.165) is 12.8 Å². The van der Waals surface area contributed by atoms with Crippen molar-refractivity contribution < 1.29 is 4.79 Å². The van der Waals surface area contributed by atoms with Crippen LogP contribution in [-0.2, 0) is 0 Å². The molecule has 0 unspecified atom stereocenters. The average molecular weight is 270 g/mol. The first-order valence-electron chi connectivity index (χ1n) is 7.20. The van der Waals surface area contributed by atoms with Gasteiger partial charge in [0.1, 0.15) is 5.52 Å². The van der Waals surface area contributed by atoms with E-state index in [1.54, 1.807) is 24.7 Å². The van der Waals surface area contributed by atoms with Crippen LogP contribution in [0.25, 0.3) is 11.2 Å². The molecule has 5 nitrogen and oxygen atoms in total. The van der Waals surface area contributed by atoms with Gasteiger partial charge in [-0.25, -0.2) is 9.97 Å². The van der Waals surface area contributed by atoms with Gasteiger partial charge in [0, 0.05) is 24.6 Å². The number of aromatic nitrogens is 3. The van der Waals surface area contributed by atoms with Gasteiger partial charge in [-0.1, -0.05) is 25.7 Å². The Hall–Kier alpha value is -2.04. The Morgan fingerprint density at radius 1 is 1.05 bits per heavy atom. The van der Waals surface area contributed by atoms with Crippen molar-refractivity contribution in [1.29, 1.82) is 0 Å². The van der Waals surface area contributed by atoms with Crippen molar-refractivity contribution in [3.63, 3.8) is 0 Å². The van der Waals surface area contributed by atoms with Gasteiger partial charge < -0.3 is 5.32 Å². The van der Waals surface area contributed by atoms with E-state index in [0.29, 0.717) is 22.8 Å². The third-order valence-electron chi connectivity index (χ3n) is 3.78. The number of hydrogen-bond acceptors (Lipinski definition) is 4. The van der Waals surface area contributed by atoms with Crippen LogP contribution in [0.4, 0.5) is 0 Å². The highest BCUT2D eigenvalue weighted by molar-refractivity contribution is 5.96. The fourth-order valence-electron chi connectivity index (χ4n) is 2.67. The fraction of sp³-hybridized carbons (Fsp3) is 0.467. The molecular formula is C15H18N4O. The second-order valence-corrected chi connectivity index (χ2v) is 5.29. The summed E-state index contributed by atoms with van der Waals surface area (Å²) in [6.45, 7) is 0. The molecule has 0 aliphatic heterocycles. The Morgan fingerprint density at radius 2 is 1.80 bits per heavy atom. The molecule has 5 heteroatoms. The molecule has 1 amide bonds. The van der Waals surface area contributed by atoms with Crippen molar-refractivity contribution in [2.24, 2.45) is 0 Å². The van der Waals surface area contributed by atoms with Crippen LogP contribution < -0.4 is 5.32 Å². The summed E-state index contributed by atoms with van der Waals surface area (Å²) in [6.07, 6.45) is 11.9. The number of carbonyl (C=O) groups excluding carboxylic acids is 1. The van der Waals surface area contributed by atoms with Gasteiger partial charge >= 0.3 is 0 Å². The van der Waals surface area contributed by atoms with Crippen molar-refractivity contribution in [2.75, 3.05) is 0 Å². The zero-order valence-electron chi connectivity index (χ0n) is 11.4. The molecule has 2 aromatic heterocycles. The molecule has 1 fully saturated rings. The predicted octanol–water partition coefficient (Wildman–Crippen LogP) is 2.48. The summed E-state index contributed by atoms with van der Waals surface area (Å²) >= 11 is 0. The zero-order valence-corrected chi connectivity index (χ0v) is 11.4. The molecule has 0 atom stereocenters. The van der Waals surface area contributed by atoms with E-state index >= 15 is 0 Å². The van der Waals surface area contributed by atoms with Crippen LogP contribution in [0.5, 0.6) is 0 Å². The summed E-state index contributed by atoms with van der Waals surface area (Å²) in [5.41, 5.74) is 1.78. The normalized spacial score (nSPS) is 16.8. The Bertz CT molecular complexity index is 606. The van der Waals surface area contributed by atoms with Gasteiger partial charge in [0.05, 0.1) is 5.56 Å². The van der Waals surface area contributed by atoms with Gasteiger partial charge in [-0.05, 0) is 18.9 Å². The number of amides is 1. The van der Waals surface area contributed by atoms with Crippen molar-refractivity contribution in [3.05, 3.63) is 30.2 Å². The van der Waals surface area contributed by atoms with Crippen LogP contribution in [-0.4, -0.2) is 26.9 Å². The Morgan fingerprint density at radius 3 is 2.60 bits per heavy atom. The first-order chi connectivity index (χ1) is 9.83. The number of rotatable bonds is 2. The number of pyridine rings is 1. The van der Waals surface area contributed by atoms with Crippen LogP contribution in [0.2, 0.25) is 0 Å². The molecule has 2 aromatic rings. The van der Waals surface area contributed by atoms with Crippen molar-refractivity contribution in [2.45, 2.75) is 44.6 Å². The molecule has 1 N–H and O–H groups in total. The Balaban J connectivity index is 1.74. The Labute approximate surface area is 117 Å². The third kappa shape index (κ3) is 2.92. The first-order valence-corrected chi connectivity index (χ1v) is 7.20. The summed E-state index contributed by atoms with van der Waals surface area (Å²) in [5.74, 6) is -0.0584. The molecular weight excluding hydrogens is 252 g/mol. The molecule has 0 aromatic carbocycles. The molecule has 0 bridgehead atoms. The van der Waals surface area contributed by atoms with Crippen molar-refractivity contribution in [3.8, 4) is 0 Å². The lowest BCUT2D eigenvalue weighted by Gasteiger charge is -2.16. The van der Waals surface area contributed by atoms with Gasteiger partial charge in [-0.3, -0.25) is 9.78 Å². The number of nitrogens with zero attached hydrogens (tertiary/aromatic N) is 3. The second-order valence-electron chi connectivity index (χ2n) is 5.29. The van der Waals surface area contributed by atoms with Crippen LogP contribution in [0.3, 0.4) is 0 Å². The average Bonchev–Trinajstić information content (AvgIpc) is 2.75. The molecule has 0 spiro atoms. The quantitative estimate of drug-likeness (QED) is 0.851. The summed E-state index contributed by atoms with van der Waals surface area (Å²) in [5, 5.41) is 3.11. The maximum absolute atomic E-state index is 12.3. The second kappa shape index (κ2) is 5.94. The van der Waals surface area contributed by atoms with E-state index in [2.05, 4.69) is 20.3 Å². The van der Waals surface area contributed by atoms with Gasteiger partial charge in [0.15, 0.2) is 5.65 Å². The monoisotopic (exact) mass is 270 g/mol. The highest BCUT2D eigenvalue weighted by Gasteiger charge is 2.16. The van der Waals surface area contributed by atoms with Gasteiger partial charge in [-0.15, -0.1) is 0 Å². The fourth-order valence-corrected chi connectivity index (χ4v) is 2.67. The van der Waals surface area contributed by atoms with E-state index in [1.165, 1.54) is 25.7 Å². The first kappa shape index (κ1) is 13.0. The molecule has 1 saturated carbocycles.